The van der Waals surface area contributed by atoms with E-state index in [9.17, 15) is 4.79 Å². The molecule has 23 heavy (non-hydrogen) atoms. The summed E-state index contributed by atoms with van der Waals surface area (Å²) in [6, 6.07) is 11.5. The lowest BCUT2D eigenvalue weighted by Gasteiger charge is -2.15. The van der Waals surface area contributed by atoms with Crippen LogP contribution < -0.4 is 15.8 Å². The number of carbonyl (C=O) groups excluding carboxylic acids is 1. The molecule has 0 fully saturated rings. The van der Waals surface area contributed by atoms with Crippen LogP contribution in [0, 0.1) is 13.8 Å². The highest BCUT2D eigenvalue weighted by Crippen LogP contribution is 2.27. The van der Waals surface area contributed by atoms with Crippen molar-refractivity contribution in [3.05, 3.63) is 53.1 Å². The average molecular weight is 312 g/mol. The normalized spacial score (nSPS) is 10.7. The lowest BCUT2D eigenvalue weighted by molar-refractivity contribution is -0.118. The Labute approximate surface area is 137 Å². The third-order valence-corrected chi connectivity index (χ3v) is 3.67. The van der Waals surface area contributed by atoms with Crippen LogP contribution >= 0.6 is 0 Å². The number of amides is 1. The number of hydrogen-bond donors (Lipinski definition) is 2. The van der Waals surface area contributed by atoms with Gasteiger partial charge in [-0.1, -0.05) is 26.0 Å². The Morgan fingerprint density at radius 3 is 2.57 bits per heavy atom. The van der Waals surface area contributed by atoms with Crippen molar-refractivity contribution in [1.82, 2.24) is 0 Å². The fourth-order valence-corrected chi connectivity index (χ4v) is 2.40. The summed E-state index contributed by atoms with van der Waals surface area (Å²) in [5, 5.41) is 2.85. The lowest BCUT2D eigenvalue weighted by atomic mass is 10.0. The van der Waals surface area contributed by atoms with Crippen LogP contribution in [-0.2, 0) is 4.79 Å². The molecule has 0 atom stereocenters. The summed E-state index contributed by atoms with van der Waals surface area (Å²) >= 11 is 0. The molecule has 4 heteroatoms. The molecule has 0 aromatic heterocycles. The summed E-state index contributed by atoms with van der Waals surface area (Å²) in [4.78, 5) is 12.1. The Bertz CT molecular complexity index is 709. The van der Waals surface area contributed by atoms with Crippen LogP contribution in [0.3, 0.4) is 0 Å². The van der Waals surface area contributed by atoms with Crippen LogP contribution in [0.1, 0.15) is 36.5 Å². The number of nitrogens with one attached hydrogen (secondary N) is 1. The van der Waals surface area contributed by atoms with Crippen molar-refractivity contribution < 1.29 is 9.53 Å². The molecule has 2 aromatic rings. The molecule has 122 valence electrons. The minimum absolute atomic E-state index is 0.0208. The highest BCUT2D eigenvalue weighted by Gasteiger charge is 2.11. The molecule has 0 aliphatic rings. The minimum Gasteiger partial charge on any atom is -0.483 e. The van der Waals surface area contributed by atoms with E-state index in [4.69, 9.17) is 10.5 Å². The molecule has 0 aliphatic carbocycles. The lowest BCUT2D eigenvalue weighted by Crippen LogP contribution is -2.21. The van der Waals surface area contributed by atoms with Gasteiger partial charge in [0.1, 0.15) is 5.75 Å². The zero-order valence-electron chi connectivity index (χ0n) is 14.1. The van der Waals surface area contributed by atoms with Gasteiger partial charge in [0.2, 0.25) is 0 Å². The van der Waals surface area contributed by atoms with Crippen LogP contribution in [0.4, 0.5) is 11.4 Å². The van der Waals surface area contributed by atoms with E-state index in [0.29, 0.717) is 11.6 Å². The first kappa shape index (κ1) is 16.9. The molecule has 0 unspecified atom stereocenters. The van der Waals surface area contributed by atoms with Crippen LogP contribution in [0.15, 0.2) is 36.4 Å². The number of rotatable bonds is 5. The van der Waals surface area contributed by atoms with Crippen molar-refractivity contribution in [3.63, 3.8) is 0 Å². The highest BCUT2D eigenvalue weighted by atomic mass is 16.5. The van der Waals surface area contributed by atoms with Gasteiger partial charge >= 0.3 is 0 Å². The molecule has 0 spiro atoms. The van der Waals surface area contributed by atoms with Gasteiger partial charge < -0.3 is 15.8 Å². The zero-order chi connectivity index (χ0) is 17.0. The smallest absolute Gasteiger partial charge is 0.262 e. The SMILES string of the molecule is Cc1ccc(C(C)C)c(OCC(=O)Nc2ccc(N)cc2C)c1. The maximum absolute atomic E-state index is 12.1. The Morgan fingerprint density at radius 2 is 1.91 bits per heavy atom. The first-order chi connectivity index (χ1) is 10.9. The maximum atomic E-state index is 12.1. The molecule has 0 saturated carbocycles. The second-order valence-electron chi connectivity index (χ2n) is 6.11. The summed E-state index contributed by atoms with van der Waals surface area (Å²) in [5.41, 5.74) is 10.3. The monoisotopic (exact) mass is 312 g/mol. The molecule has 3 N–H and O–H groups in total. The van der Waals surface area contributed by atoms with Crippen molar-refractivity contribution in [2.24, 2.45) is 0 Å². The van der Waals surface area contributed by atoms with Crippen LogP contribution in [0.5, 0.6) is 5.75 Å². The van der Waals surface area contributed by atoms with E-state index in [0.717, 1.165) is 28.1 Å². The minimum atomic E-state index is -0.186. The Hall–Kier alpha value is -2.49. The van der Waals surface area contributed by atoms with Gasteiger partial charge in [0.15, 0.2) is 6.61 Å². The van der Waals surface area contributed by atoms with Crippen molar-refractivity contribution in [2.45, 2.75) is 33.6 Å². The number of nitrogen functional groups attached to an aromatic ring is 1. The molecule has 0 bridgehead atoms. The molecule has 2 aromatic carbocycles. The second-order valence-corrected chi connectivity index (χ2v) is 6.11. The van der Waals surface area contributed by atoms with E-state index in [1.807, 2.05) is 26.0 Å². The first-order valence-corrected chi connectivity index (χ1v) is 7.76. The van der Waals surface area contributed by atoms with Gasteiger partial charge in [-0.25, -0.2) is 0 Å². The van der Waals surface area contributed by atoms with Gasteiger partial charge in [-0.05, 0) is 60.7 Å². The van der Waals surface area contributed by atoms with E-state index < -0.39 is 0 Å². The fourth-order valence-electron chi connectivity index (χ4n) is 2.40. The largest absolute Gasteiger partial charge is 0.483 e. The van der Waals surface area contributed by atoms with Gasteiger partial charge in [-0.2, -0.15) is 0 Å². The quantitative estimate of drug-likeness (QED) is 0.819. The second kappa shape index (κ2) is 7.18. The number of benzene rings is 2. The summed E-state index contributed by atoms with van der Waals surface area (Å²) in [6.45, 7) is 8.11. The Morgan fingerprint density at radius 1 is 1.17 bits per heavy atom. The summed E-state index contributed by atoms with van der Waals surface area (Å²) in [5.74, 6) is 0.922. The van der Waals surface area contributed by atoms with E-state index in [1.165, 1.54) is 0 Å². The Balaban J connectivity index is 2.03. The van der Waals surface area contributed by atoms with Crippen LogP contribution in [0.2, 0.25) is 0 Å². The topological polar surface area (TPSA) is 64.3 Å². The number of aryl methyl sites for hydroxylation is 2. The van der Waals surface area contributed by atoms with E-state index >= 15 is 0 Å². The van der Waals surface area contributed by atoms with Crippen LogP contribution in [-0.4, -0.2) is 12.5 Å². The molecular formula is C19H24N2O2. The highest BCUT2D eigenvalue weighted by molar-refractivity contribution is 5.92. The van der Waals surface area contributed by atoms with Gasteiger partial charge in [0.25, 0.3) is 5.91 Å². The number of anilines is 2. The van der Waals surface area contributed by atoms with Gasteiger partial charge in [0.05, 0.1) is 0 Å². The molecule has 4 nitrogen and oxygen atoms in total. The summed E-state index contributed by atoms with van der Waals surface area (Å²) < 4.78 is 5.74. The van der Waals surface area contributed by atoms with E-state index in [-0.39, 0.29) is 12.5 Å². The third kappa shape index (κ3) is 4.49. The van der Waals surface area contributed by atoms with Crippen molar-refractivity contribution in [3.8, 4) is 5.75 Å². The predicted molar refractivity (Wildman–Crippen MR) is 95.0 cm³/mol. The third-order valence-electron chi connectivity index (χ3n) is 3.67. The standard InChI is InChI=1S/C19H24N2O2/c1-12(2)16-7-5-13(3)9-18(16)23-11-19(22)21-17-8-6-15(20)10-14(17)4/h5-10,12H,11,20H2,1-4H3,(H,21,22). The maximum Gasteiger partial charge on any atom is 0.262 e. The number of ether oxygens (including phenoxy) is 1. The predicted octanol–water partition coefficient (Wildman–Crippen LogP) is 4.03. The molecular weight excluding hydrogens is 288 g/mol. The van der Waals surface area contributed by atoms with Crippen LogP contribution in [0.25, 0.3) is 0 Å². The molecule has 0 aliphatic heterocycles. The van der Waals surface area contributed by atoms with E-state index in [1.54, 1.807) is 12.1 Å². The van der Waals surface area contributed by atoms with E-state index in [2.05, 4.69) is 31.3 Å². The van der Waals surface area contributed by atoms with Gasteiger partial charge in [-0.3, -0.25) is 4.79 Å². The molecule has 0 saturated heterocycles. The number of hydrogen-bond acceptors (Lipinski definition) is 3. The molecule has 0 heterocycles. The van der Waals surface area contributed by atoms with Gasteiger partial charge in [-0.15, -0.1) is 0 Å². The van der Waals surface area contributed by atoms with Gasteiger partial charge in [0, 0.05) is 11.4 Å². The Kier molecular flexibility index (Phi) is 5.27. The number of carbonyl (C=O) groups is 1. The molecule has 0 radical (unpaired) electrons. The van der Waals surface area contributed by atoms with Crippen molar-refractivity contribution in [1.29, 1.82) is 0 Å². The number of nitrogens with two attached hydrogens (primary N) is 1. The molecule has 1 amide bonds. The average Bonchev–Trinajstić information content (AvgIpc) is 2.48. The first-order valence-electron chi connectivity index (χ1n) is 7.76. The zero-order valence-corrected chi connectivity index (χ0v) is 14.1. The van der Waals surface area contributed by atoms with Crippen molar-refractivity contribution in [2.75, 3.05) is 17.7 Å². The van der Waals surface area contributed by atoms with Crippen molar-refractivity contribution >= 4 is 17.3 Å². The summed E-state index contributed by atoms with van der Waals surface area (Å²) in [7, 11) is 0. The summed E-state index contributed by atoms with van der Waals surface area (Å²) in [6.07, 6.45) is 0. The molecule has 2 rings (SSSR count). The fraction of sp³-hybridized carbons (Fsp3) is 0.316.